The Labute approximate surface area is 230 Å². The zero-order valence-corrected chi connectivity index (χ0v) is 23.0. The number of nitrogens with zero attached hydrogens (tertiary/aromatic N) is 5. The minimum Gasteiger partial charge on any atom is -0.507 e. The molecule has 2 N–H and O–H groups in total. The first-order valence-electron chi connectivity index (χ1n) is 13.5. The Kier molecular flexibility index (Phi) is 6.10. The van der Waals surface area contributed by atoms with Crippen LogP contribution in [-0.4, -0.2) is 76.4 Å². The quantitative estimate of drug-likeness (QED) is 0.354. The van der Waals surface area contributed by atoms with Crippen LogP contribution in [0.25, 0.3) is 32.9 Å². The summed E-state index contributed by atoms with van der Waals surface area (Å²) in [6.45, 7) is 3.52. The Morgan fingerprint density at radius 3 is 2.61 bits per heavy atom. The van der Waals surface area contributed by atoms with Crippen LogP contribution in [0.4, 0.5) is 5.82 Å². The predicted molar refractivity (Wildman–Crippen MR) is 153 cm³/mol. The zero-order valence-electron chi connectivity index (χ0n) is 21.4. The van der Waals surface area contributed by atoms with Crippen molar-refractivity contribution in [1.29, 1.82) is 0 Å². The van der Waals surface area contributed by atoms with E-state index >= 15 is 0 Å². The van der Waals surface area contributed by atoms with E-state index in [4.69, 9.17) is 19.7 Å². The largest absolute Gasteiger partial charge is 0.507 e. The van der Waals surface area contributed by atoms with Crippen molar-refractivity contribution in [3.8, 4) is 23.0 Å². The van der Waals surface area contributed by atoms with E-state index in [9.17, 15) is 5.11 Å². The number of nitrogens with one attached hydrogen (secondary N) is 1. The number of likely N-dealkylation sites (N-methyl/N-ethyl adjacent to an activating group) is 1. The molecule has 9 heteroatoms. The molecule has 2 aromatic heterocycles. The van der Waals surface area contributed by atoms with Gasteiger partial charge in [0.1, 0.15) is 18.2 Å². The molecule has 3 saturated heterocycles. The van der Waals surface area contributed by atoms with Crippen LogP contribution in [0, 0.1) is 0 Å². The molecule has 4 aromatic rings. The summed E-state index contributed by atoms with van der Waals surface area (Å²) in [6, 6.07) is 13.6. The maximum atomic E-state index is 10.6. The number of aromatic nitrogens is 3. The smallest absolute Gasteiger partial charge is 0.319 e. The number of phenols is 1. The normalized spacial score (nSPS) is 23.5. The molecule has 3 fully saturated rings. The van der Waals surface area contributed by atoms with Gasteiger partial charge in [0, 0.05) is 48.4 Å². The second kappa shape index (κ2) is 9.63. The van der Waals surface area contributed by atoms with Gasteiger partial charge in [-0.2, -0.15) is 9.97 Å². The van der Waals surface area contributed by atoms with Gasteiger partial charge < -0.3 is 25.0 Å². The van der Waals surface area contributed by atoms with Crippen LogP contribution < -0.4 is 15.0 Å². The molecule has 3 atom stereocenters. The molecule has 8 nitrogen and oxygen atoms in total. The molecule has 196 valence electrons. The molecule has 0 spiro atoms. The molecule has 5 heterocycles. The maximum Gasteiger partial charge on any atom is 0.319 e. The Bertz CT molecular complexity index is 1520. The van der Waals surface area contributed by atoms with Gasteiger partial charge in [-0.05, 0) is 72.7 Å². The highest BCUT2D eigenvalue weighted by Gasteiger charge is 2.34. The van der Waals surface area contributed by atoms with Gasteiger partial charge >= 0.3 is 6.01 Å². The molecule has 2 unspecified atom stereocenters. The molecule has 3 aliphatic heterocycles. The minimum atomic E-state index is 0.185. The lowest BCUT2D eigenvalue weighted by atomic mass is 10.0. The number of piperazine rings is 1. The van der Waals surface area contributed by atoms with Crippen LogP contribution in [-0.2, 0) is 0 Å². The van der Waals surface area contributed by atoms with Crippen LogP contribution >= 0.6 is 15.9 Å². The van der Waals surface area contributed by atoms with Crippen LogP contribution in [0.2, 0.25) is 0 Å². The first kappa shape index (κ1) is 24.1. The fraction of sp³-hybridized carbons (Fsp3) is 0.414. The molecular formula is C29H31BrN6O2. The number of halogens is 1. The van der Waals surface area contributed by atoms with E-state index in [2.05, 4.69) is 44.2 Å². The zero-order chi connectivity index (χ0) is 25.8. The topological polar surface area (TPSA) is 86.6 Å². The second-order valence-corrected chi connectivity index (χ2v) is 11.6. The summed E-state index contributed by atoms with van der Waals surface area (Å²) in [5.74, 6) is 1.08. The van der Waals surface area contributed by atoms with E-state index in [1.165, 1.54) is 19.3 Å². The third-order valence-electron chi connectivity index (χ3n) is 8.37. The van der Waals surface area contributed by atoms with E-state index in [1.807, 2.05) is 30.5 Å². The van der Waals surface area contributed by atoms with E-state index in [0.29, 0.717) is 35.2 Å². The summed E-state index contributed by atoms with van der Waals surface area (Å²) < 4.78 is 6.93. The van der Waals surface area contributed by atoms with Crippen LogP contribution in [0.3, 0.4) is 0 Å². The molecular weight excluding hydrogens is 544 g/mol. The Hall–Kier alpha value is -3.01. The van der Waals surface area contributed by atoms with E-state index < -0.39 is 0 Å². The predicted octanol–water partition coefficient (Wildman–Crippen LogP) is 4.73. The third kappa shape index (κ3) is 4.26. The Balaban J connectivity index is 1.33. The molecule has 0 amide bonds. The lowest BCUT2D eigenvalue weighted by molar-refractivity contribution is 0.188. The number of hydrogen-bond donors (Lipinski definition) is 2. The van der Waals surface area contributed by atoms with Gasteiger partial charge in [0.2, 0.25) is 0 Å². The van der Waals surface area contributed by atoms with Gasteiger partial charge in [-0.3, -0.25) is 4.98 Å². The number of fused-ring (bicyclic) bond motifs is 4. The van der Waals surface area contributed by atoms with Crippen molar-refractivity contribution < 1.29 is 9.84 Å². The number of aromatic hydroxyl groups is 1. The van der Waals surface area contributed by atoms with Gasteiger partial charge in [0.25, 0.3) is 0 Å². The molecule has 2 bridgehead atoms. The number of ether oxygens (including phenoxy) is 1. The summed E-state index contributed by atoms with van der Waals surface area (Å²) in [7, 11) is 2.15. The van der Waals surface area contributed by atoms with Crippen molar-refractivity contribution in [2.45, 2.75) is 43.8 Å². The summed E-state index contributed by atoms with van der Waals surface area (Å²) in [5.41, 5.74) is 2.41. The van der Waals surface area contributed by atoms with Crippen LogP contribution in [0.1, 0.15) is 25.7 Å². The second-order valence-electron chi connectivity index (χ2n) is 10.8. The SMILES string of the molecule is CN1CCC[C@H]1COc1nc(N2CC3CCC(C2)N3)c2cnc(-c3cc(O)c(Br)c4ccccc34)cc2n1. The number of pyridine rings is 1. The summed E-state index contributed by atoms with van der Waals surface area (Å²) in [6.07, 6.45) is 6.60. The lowest BCUT2D eigenvalue weighted by Gasteiger charge is -2.34. The van der Waals surface area contributed by atoms with Crippen molar-refractivity contribution in [3.63, 3.8) is 0 Å². The van der Waals surface area contributed by atoms with Crippen molar-refractivity contribution in [1.82, 2.24) is 25.2 Å². The first-order valence-corrected chi connectivity index (χ1v) is 14.2. The summed E-state index contributed by atoms with van der Waals surface area (Å²) in [5, 5.41) is 17.2. The fourth-order valence-corrected chi connectivity index (χ4v) is 6.77. The molecule has 7 rings (SSSR count). The minimum absolute atomic E-state index is 0.185. The fourth-order valence-electron chi connectivity index (χ4n) is 6.31. The highest BCUT2D eigenvalue weighted by atomic mass is 79.9. The standard InChI is InChI=1S/C29H31BrN6O2/c1-35-10-4-5-19(35)16-38-29-33-25-12-24(22-11-26(37)27(30)21-7-3-2-6-20(21)22)31-13-23(25)28(34-29)36-14-17-8-9-18(15-36)32-17/h2-3,6-7,11-13,17-19,32,37H,4-5,8-10,14-16H2,1H3/t17?,18?,19-/m0/s1. The van der Waals surface area contributed by atoms with Gasteiger partial charge in [-0.25, -0.2) is 0 Å². The maximum absolute atomic E-state index is 10.6. The average molecular weight is 576 g/mol. The van der Waals surface area contributed by atoms with Gasteiger partial charge in [-0.15, -0.1) is 0 Å². The van der Waals surface area contributed by atoms with Crippen molar-refractivity contribution in [2.75, 3.05) is 38.2 Å². The number of rotatable bonds is 5. The number of hydrogen-bond acceptors (Lipinski definition) is 8. The highest BCUT2D eigenvalue weighted by molar-refractivity contribution is 9.10. The molecule has 0 saturated carbocycles. The van der Waals surface area contributed by atoms with Gasteiger partial charge in [0.05, 0.1) is 21.1 Å². The molecule has 2 aromatic carbocycles. The van der Waals surface area contributed by atoms with E-state index in [-0.39, 0.29) is 5.75 Å². The molecule has 38 heavy (non-hydrogen) atoms. The highest BCUT2D eigenvalue weighted by Crippen LogP contribution is 2.40. The summed E-state index contributed by atoms with van der Waals surface area (Å²) >= 11 is 3.53. The Morgan fingerprint density at radius 1 is 1.05 bits per heavy atom. The number of benzene rings is 2. The van der Waals surface area contributed by atoms with Gasteiger partial charge in [0.15, 0.2) is 0 Å². The summed E-state index contributed by atoms with van der Waals surface area (Å²) in [4.78, 5) is 19.4. The van der Waals surface area contributed by atoms with E-state index in [1.54, 1.807) is 6.07 Å². The van der Waals surface area contributed by atoms with Crippen molar-refractivity contribution >= 4 is 43.4 Å². The number of phenolic OH excluding ortho intramolecular Hbond substituents is 1. The van der Waals surface area contributed by atoms with Gasteiger partial charge in [-0.1, -0.05) is 24.3 Å². The first-order chi connectivity index (χ1) is 18.5. The third-order valence-corrected chi connectivity index (χ3v) is 9.20. The number of likely N-dealkylation sites (tertiary alicyclic amines) is 1. The number of anilines is 1. The van der Waals surface area contributed by atoms with Crippen LogP contribution in [0.5, 0.6) is 11.8 Å². The van der Waals surface area contributed by atoms with E-state index in [0.717, 1.165) is 64.8 Å². The molecule has 0 aliphatic carbocycles. The lowest BCUT2D eigenvalue weighted by Crippen LogP contribution is -2.51. The van der Waals surface area contributed by atoms with Crippen LogP contribution in [0.15, 0.2) is 47.1 Å². The molecule has 3 aliphatic rings. The monoisotopic (exact) mass is 574 g/mol. The van der Waals surface area contributed by atoms with Crippen molar-refractivity contribution in [2.24, 2.45) is 0 Å². The Morgan fingerprint density at radius 2 is 1.84 bits per heavy atom. The average Bonchev–Trinajstić information content (AvgIpc) is 3.51. The molecule has 0 radical (unpaired) electrons. The van der Waals surface area contributed by atoms with Crippen molar-refractivity contribution in [3.05, 3.63) is 47.1 Å².